The summed E-state index contributed by atoms with van der Waals surface area (Å²) >= 11 is 0. The third-order valence-electron chi connectivity index (χ3n) is 12.7. The van der Waals surface area contributed by atoms with Gasteiger partial charge in [-0.3, -0.25) is 0 Å². The van der Waals surface area contributed by atoms with Gasteiger partial charge in [-0.1, -0.05) is 183 Å². The van der Waals surface area contributed by atoms with Gasteiger partial charge in [-0.15, -0.1) is 0 Å². The highest BCUT2D eigenvalue weighted by Crippen LogP contribution is 2.63. The predicted molar refractivity (Wildman–Crippen MR) is 254 cm³/mol. The zero-order valence-corrected chi connectivity index (χ0v) is 33.7. The van der Waals surface area contributed by atoms with E-state index in [1.165, 1.54) is 44.5 Å². The number of hydrogen-bond donors (Lipinski definition) is 0. The molecule has 2 aliphatic rings. The second kappa shape index (κ2) is 13.9. The monoisotopic (exact) mass is 791 g/mol. The topological polar surface area (TPSA) is 51.8 Å². The molecular weight excluding hydrogens is 755 g/mol. The van der Waals surface area contributed by atoms with Crippen LogP contribution in [0.25, 0.3) is 94.8 Å². The molecule has 0 saturated heterocycles. The molecule has 8 aromatic carbocycles. The first kappa shape index (κ1) is 35.7. The Morgan fingerprint density at radius 1 is 0.435 bits per heavy atom. The van der Waals surface area contributed by atoms with Gasteiger partial charge in [0.25, 0.3) is 0 Å². The van der Waals surface area contributed by atoms with Gasteiger partial charge >= 0.3 is 0 Å². The minimum atomic E-state index is -0.407. The Kier molecular flexibility index (Phi) is 8.03. The molecule has 4 nitrogen and oxygen atoms in total. The van der Waals surface area contributed by atoms with Crippen LogP contribution in [0.4, 0.5) is 0 Å². The summed E-state index contributed by atoms with van der Waals surface area (Å²) in [6.07, 6.45) is 5.33. The standard InChI is InChI=1S/C58H37N3O/c1-3-16-36(4-2)55-59-56(37-17-6-5-7-18-37)61-57(60-55)41-20-14-19-40(33-41)42-24-15-28-53-54(42)47-34-38(30-32-52(47)62-53)39-29-31-46-45-23-10-13-27-50(45)58(51(46)35-39)48-25-11-8-21-43(48)44-22-9-12-26-49(44)58/h3-35H,1-2H2/b36-16+. The number of furan rings is 1. The van der Waals surface area contributed by atoms with E-state index in [4.69, 9.17) is 19.4 Å². The van der Waals surface area contributed by atoms with Crippen LogP contribution in [0.15, 0.2) is 218 Å². The van der Waals surface area contributed by atoms with E-state index in [0.717, 1.165) is 60.9 Å². The average molecular weight is 792 g/mol. The van der Waals surface area contributed by atoms with Crippen LogP contribution in [-0.2, 0) is 5.41 Å². The molecule has 1 spiro atoms. The first-order chi connectivity index (χ1) is 30.6. The van der Waals surface area contributed by atoms with E-state index in [-0.39, 0.29) is 0 Å². The lowest BCUT2D eigenvalue weighted by atomic mass is 9.70. The molecular formula is C58H37N3O. The highest BCUT2D eigenvalue weighted by Gasteiger charge is 2.51. The van der Waals surface area contributed by atoms with Crippen LogP contribution in [0.1, 0.15) is 28.1 Å². The summed E-state index contributed by atoms with van der Waals surface area (Å²) in [7, 11) is 0. The zero-order valence-electron chi connectivity index (χ0n) is 33.7. The molecule has 62 heavy (non-hydrogen) atoms. The largest absolute Gasteiger partial charge is 0.456 e. The van der Waals surface area contributed by atoms with Crippen LogP contribution >= 0.6 is 0 Å². The molecule has 2 heterocycles. The van der Waals surface area contributed by atoms with Gasteiger partial charge in [0.05, 0.1) is 5.41 Å². The normalized spacial score (nSPS) is 13.2. The molecule has 10 aromatic rings. The second-order valence-electron chi connectivity index (χ2n) is 16.0. The van der Waals surface area contributed by atoms with Crippen molar-refractivity contribution in [3.8, 4) is 67.3 Å². The van der Waals surface area contributed by atoms with Gasteiger partial charge in [-0.25, -0.2) is 15.0 Å². The van der Waals surface area contributed by atoms with Crippen molar-refractivity contribution in [2.75, 3.05) is 0 Å². The van der Waals surface area contributed by atoms with E-state index < -0.39 is 5.41 Å². The van der Waals surface area contributed by atoms with Crippen LogP contribution in [0.5, 0.6) is 0 Å². The molecule has 0 amide bonds. The minimum Gasteiger partial charge on any atom is -0.456 e. The number of nitrogens with zero attached hydrogens (tertiary/aromatic N) is 3. The first-order valence-corrected chi connectivity index (χ1v) is 20.9. The first-order valence-electron chi connectivity index (χ1n) is 20.9. The molecule has 0 N–H and O–H groups in total. The van der Waals surface area contributed by atoms with Crippen LogP contribution in [-0.4, -0.2) is 15.0 Å². The number of aromatic nitrogens is 3. The number of rotatable bonds is 7. The quantitative estimate of drug-likeness (QED) is 0.151. The number of benzene rings is 8. The molecule has 0 unspecified atom stereocenters. The molecule has 12 rings (SSSR count). The van der Waals surface area contributed by atoms with E-state index >= 15 is 0 Å². The molecule has 0 saturated carbocycles. The van der Waals surface area contributed by atoms with Crippen LogP contribution in [0.2, 0.25) is 0 Å². The lowest BCUT2D eigenvalue weighted by molar-refractivity contribution is 0.669. The average Bonchev–Trinajstić information content (AvgIpc) is 3.97. The molecule has 0 radical (unpaired) electrons. The molecule has 0 aliphatic heterocycles. The zero-order chi connectivity index (χ0) is 41.4. The predicted octanol–water partition coefficient (Wildman–Crippen LogP) is 14.5. The second-order valence-corrected chi connectivity index (χ2v) is 16.0. The Hall–Kier alpha value is -8.21. The Bertz CT molecular complexity index is 3460. The molecule has 290 valence electrons. The summed E-state index contributed by atoms with van der Waals surface area (Å²) in [6, 6.07) is 65.2. The highest BCUT2D eigenvalue weighted by molar-refractivity contribution is 6.13. The van der Waals surface area contributed by atoms with E-state index in [2.05, 4.69) is 159 Å². The van der Waals surface area contributed by atoms with Gasteiger partial charge < -0.3 is 4.42 Å². The fraction of sp³-hybridized carbons (Fsp3) is 0.0172. The Balaban J connectivity index is 1.01. The van der Waals surface area contributed by atoms with Crippen molar-refractivity contribution in [3.05, 3.63) is 241 Å². The Morgan fingerprint density at radius 2 is 1.00 bits per heavy atom. The van der Waals surface area contributed by atoms with E-state index in [0.29, 0.717) is 17.5 Å². The summed E-state index contributed by atoms with van der Waals surface area (Å²) in [5.74, 6) is 1.70. The van der Waals surface area contributed by atoms with E-state index in [1.54, 1.807) is 12.2 Å². The van der Waals surface area contributed by atoms with Crippen LogP contribution < -0.4 is 0 Å². The van der Waals surface area contributed by atoms with Crippen molar-refractivity contribution < 1.29 is 4.42 Å². The van der Waals surface area contributed by atoms with Crippen LogP contribution in [0.3, 0.4) is 0 Å². The fourth-order valence-electron chi connectivity index (χ4n) is 10.1. The molecule has 2 aromatic heterocycles. The van der Waals surface area contributed by atoms with Gasteiger partial charge in [0, 0.05) is 27.5 Å². The number of fused-ring (bicyclic) bond motifs is 13. The summed E-state index contributed by atoms with van der Waals surface area (Å²) in [5, 5.41) is 2.13. The Labute approximate surface area is 359 Å². The Morgan fingerprint density at radius 3 is 1.69 bits per heavy atom. The lowest BCUT2D eigenvalue weighted by Crippen LogP contribution is -2.25. The molecule has 0 bridgehead atoms. The maximum Gasteiger partial charge on any atom is 0.164 e. The molecule has 0 fully saturated rings. The summed E-state index contributed by atoms with van der Waals surface area (Å²) in [6.45, 7) is 7.91. The van der Waals surface area contributed by atoms with Crippen molar-refractivity contribution in [2.24, 2.45) is 0 Å². The summed E-state index contributed by atoms with van der Waals surface area (Å²) in [5.41, 5.74) is 18.7. The smallest absolute Gasteiger partial charge is 0.164 e. The van der Waals surface area contributed by atoms with Crippen molar-refractivity contribution in [3.63, 3.8) is 0 Å². The maximum absolute atomic E-state index is 6.58. The SMILES string of the molecule is C=C/C=C(\C=C)c1nc(-c2ccccc2)nc(-c2cccc(-c3cccc4oc5ccc(-c6ccc7c(c6)C6(c8ccccc8-c8ccccc86)c6ccccc6-7)cc5c34)c2)n1. The minimum absolute atomic E-state index is 0.407. The van der Waals surface area contributed by atoms with Gasteiger partial charge in [0.15, 0.2) is 17.5 Å². The van der Waals surface area contributed by atoms with Crippen molar-refractivity contribution in [2.45, 2.75) is 5.41 Å². The highest BCUT2D eigenvalue weighted by atomic mass is 16.3. The number of hydrogen-bond acceptors (Lipinski definition) is 4. The van der Waals surface area contributed by atoms with Gasteiger partial charge in [0.1, 0.15) is 11.2 Å². The van der Waals surface area contributed by atoms with Crippen LogP contribution in [0, 0.1) is 0 Å². The molecule has 4 heteroatoms. The molecule has 2 aliphatic carbocycles. The lowest BCUT2D eigenvalue weighted by Gasteiger charge is -2.30. The van der Waals surface area contributed by atoms with E-state index in [9.17, 15) is 0 Å². The van der Waals surface area contributed by atoms with Crippen molar-refractivity contribution >= 4 is 27.5 Å². The third kappa shape index (κ3) is 5.23. The molecule has 0 atom stereocenters. The van der Waals surface area contributed by atoms with Crippen molar-refractivity contribution in [1.82, 2.24) is 15.0 Å². The maximum atomic E-state index is 6.58. The van der Waals surface area contributed by atoms with Gasteiger partial charge in [-0.05, 0) is 97.1 Å². The summed E-state index contributed by atoms with van der Waals surface area (Å²) < 4.78 is 6.58. The summed E-state index contributed by atoms with van der Waals surface area (Å²) in [4.78, 5) is 14.8. The third-order valence-corrected chi connectivity index (χ3v) is 12.7. The van der Waals surface area contributed by atoms with E-state index in [1.807, 2.05) is 42.5 Å². The van der Waals surface area contributed by atoms with Gasteiger partial charge in [0.2, 0.25) is 0 Å². The number of allylic oxidation sites excluding steroid dienone is 4. The van der Waals surface area contributed by atoms with Crippen molar-refractivity contribution in [1.29, 1.82) is 0 Å². The van der Waals surface area contributed by atoms with Gasteiger partial charge in [-0.2, -0.15) is 0 Å². The fourth-order valence-corrected chi connectivity index (χ4v) is 10.1.